The van der Waals surface area contributed by atoms with E-state index in [0.29, 0.717) is 42.4 Å². The standard InChI is InChI=1S/C24H24N2O5/c1-29-15-16-30-21-11-7-19(8-12-21)23(27)25-26-24(28)20-9-13-22(14-10-20)31-17-18-5-3-2-4-6-18/h2-14H,15-17H2,1H3,(H,25,27)(H,26,28). The Bertz CT molecular complexity index is 973. The number of rotatable bonds is 9. The predicted octanol–water partition coefficient (Wildman–Crippen LogP) is 3.37. The molecule has 2 amide bonds. The molecule has 0 atom stereocenters. The number of carbonyl (C=O) groups excluding carboxylic acids is 2. The first-order chi connectivity index (χ1) is 15.2. The molecule has 31 heavy (non-hydrogen) atoms. The molecule has 0 aliphatic carbocycles. The summed E-state index contributed by atoms with van der Waals surface area (Å²) in [5.41, 5.74) is 6.65. The van der Waals surface area contributed by atoms with Crippen LogP contribution in [0.2, 0.25) is 0 Å². The van der Waals surface area contributed by atoms with Gasteiger partial charge in [-0.3, -0.25) is 20.4 Å². The van der Waals surface area contributed by atoms with E-state index >= 15 is 0 Å². The van der Waals surface area contributed by atoms with Gasteiger partial charge in [0.1, 0.15) is 24.7 Å². The first-order valence-electron chi connectivity index (χ1n) is 9.75. The van der Waals surface area contributed by atoms with Gasteiger partial charge in [0.2, 0.25) is 0 Å². The second kappa shape index (κ2) is 11.4. The van der Waals surface area contributed by atoms with Crippen LogP contribution < -0.4 is 20.3 Å². The molecule has 7 nitrogen and oxygen atoms in total. The van der Waals surface area contributed by atoms with Crippen molar-refractivity contribution in [3.8, 4) is 11.5 Å². The van der Waals surface area contributed by atoms with Crippen LogP contribution in [0, 0.1) is 0 Å². The van der Waals surface area contributed by atoms with Gasteiger partial charge in [-0.05, 0) is 54.1 Å². The Morgan fingerprint density at radius 3 is 1.71 bits per heavy atom. The lowest BCUT2D eigenvalue weighted by molar-refractivity contribution is 0.0846. The van der Waals surface area contributed by atoms with E-state index in [9.17, 15) is 9.59 Å². The van der Waals surface area contributed by atoms with Crippen molar-refractivity contribution in [2.45, 2.75) is 6.61 Å². The van der Waals surface area contributed by atoms with Crippen LogP contribution in [0.4, 0.5) is 0 Å². The number of methoxy groups -OCH3 is 1. The highest BCUT2D eigenvalue weighted by Crippen LogP contribution is 2.15. The summed E-state index contributed by atoms with van der Waals surface area (Å²) in [7, 11) is 1.60. The molecule has 0 bridgehead atoms. The summed E-state index contributed by atoms with van der Waals surface area (Å²) in [6.45, 7) is 1.35. The molecule has 0 aliphatic rings. The van der Waals surface area contributed by atoms with Crippen LogP contribution in [0.3, 0.4) is 0 Å². The van der Waals surface area contributed by atoms with Gasteiger partial charge >= 0.3 is 0 Å². The van der Waals surface area contributed by atoms with Crippen LogP contribution in [0.15, 0.2) is 78.9 Å². The fourth-order valence-electron chi connectivity index (χ4n) is 2.65. The fourth-order valence-corrected chi connectivity index (χ4v) is 2.65. The van der Waals surface area contributed by atoms with Crippen molar-refractivity contribution in [2.24, 2.45) is 0 Å². The van der Waals surface area contributed by atoms with Crippen molar-refractivity contribution in [2.75, 3.05) is 20.3 Å². The SMILES string of the molecule is COCCOc1ccc(C(=O)NNC(=O)c2ccc(OCc3ccccc3)cc2)cc1. The molecular formula is C24H24N2O5. The van der Waals surface area contributed by atoms with Gasteiger partial charge in [-0.1, -0.05) is 30.3 Å². The van der Waals surface area contributed by atoms with Crippen LogP contribution in [-0.2, 0) is 11.3 Å². The number of amides is 2. The largest absolute Gasteiger partial charge is 0.491 e. The van der Waals surface area contributed by atoms with Gasteiger partial charge in [-0.25, -0.2) is 0 Å². The molecule has 3 rings (SSSR count). The van der Waals surface area contributed by atoms with Crippen molar-refractivity contribution in [1.29, 1.82) is 0 Å². The molecule has 0 fully saturated rings. The lowest BCUT2D eigenvalue weighted by Crippen LogP contribution is -2.41. The van der Waals surface area contributed by atoms with Crippen molar-refractivity contribution in [3.63, 3.8) is 0 Å². The smallest absolute Gasteiger partial charge is 0.269 e. The van der Waals surface area contributed by atoms with E-state index in [1.807, 2.05) is 30.3 Å². The van der Waals surface area contributed by atoms with E-state index in [1.165, 1.54) is 0 Å². The molecular weight excluding hydrogens is 396 g/mol. The normalized spacial score (nSPS) is 10.2. The molecule has 0 aliphatic heterocycles. The maximum Gasteiger partial charge on any atom is 0.269 e. The van der Waals surface area contributed by atoms with E-state index in [-0.39, 0.29) is 0 Å². The Balaban J connectivity index is 1.45. The second-order valence-corrected chi connectivity index (χ2v) is 6.57. The maximum absolute atomic E-state index is 12.3. The third kappa shape index (κ3) is 6.87. The maximum atomic E-state index is 12.3. The zero-order chi connectivity index (χ0) is 21.9. The summed E-state index contributed by atoms with van der Waals surface area (Å²) in [5, 5.41) is 0. The number of hydrogen-bond acceptors (Lipinski definition) is 5. The molecule has 0 heterocycles. The number of hydrogen-bond donors (Lipinski definition) is 2. The number of hydrazine groups is 1. The van der Waals surface area contributed by atoms with Crippen LogP contribution in [-0.4, -0.2) is 32.1 Å². The molecule has 7 heteroatoms. The molecule has 0 saturated carbocycles. The Morgan fingerprint density at radius 2 is 1.19 bits per heavy atom. The van der Waals surface area contributed by atoms with Gasteiger partial charge in [0.05, 0.1) is 6.61 Å². The van der Waals surface area contributed by atoms with Gasteiger partial charge in [0, 0.05) is 18.2 Å². The highest BCUT2D eigenvalue weighted by molar-refractivity contribution is 5.99. The number of ether oxygens (including phenoxy) is 3. The molecule has 0 spiro atoms. The Morgan fingerprint density at radius 1 is 0.677 bits per heavy atom. The third-order valence-corrected chi connectivity index (χ3v) is 4.33. The predicted molar refractivity (Wildman–Crippen MR) is 116 cm³/mol. The average molecular weight is 420 g/mol. The zero-order valence-electron chi connectivity index (χ0n) is 17.2. The van der Waals surface area contributed by atoms with E-state index in [2.05, 4.69) is 10.9 Å². The van der Waals surface area contributed by atoms with Crippen molar-refractivity contribution in [1.82, 2.24) is 10.9 Å². The molecule has 0 aromatic heterocycles. The minimum atomic E-state index is -0.431. The van der Waals surface area contributed by atoms with Gasteiger partial charge in [0.25, 0.3) is 11.8 Å². The number of carbonyl (C=O) groups is 2. The lowest BCUT2D eigenvalue weighted by atomic mass is 10.2. The molecule has 0 unspecified atom stereocenters. The van der Waals surface area contributed by atoms with Crippen LogP contribution >= 0.6 is 0 Å². The lowest BCUT2D eigenvalue weighted by Gasteiger charge is -2.10. The van der Waals surface area contributed by atoms with Gasteiger partial charge < -0.3 is 14.2 Å². The minimum Gasteiger partial charge on any atom is -0.491 e. The highest BCUT2D eigenvalue weighted by Gasteiger charge is 2.10. The Labute approximate surface area is 180 Å². The third-order valence-electron chi connectivity index (χ3n) is 4.33. The summed E-state index contributed by atoms with van der Waals surface area (Å²) < 4.78 is 16.1. The van der Waals surface area contributed by atoms with Gasteiger partial charge in [-0.15, -0.1) is 0 Å². The van der Waals surface area contributed by atoms with E-state index < -0.39 is 11.8 Å². The highest BCUT2D eigenvalue weighted by atomic mass is 16.5. The molecule has 0 saturated heterocycles. The second-order valence-electron chi connectivity index (χ2n) is 6.57. The Kier molecular flexibility index (Phi) is 8.02. The van der Waals surface area contributed by atoms with Gasteiger partial charge in [0.15, 0.2) is 0 Å². The fraction of sp³-hybridized carbons (Fsp3) is 0.167. The summed E-state index contributed by atoms with van der Waals surface area (Å²) in [6, 6.07) is 23.1. The zero-order valence-corrected chi connectivity index (χ0v) is 17.2. The van der Waals surface area contributed by atoms with E-state index in [0.717, 1.165) is 5.56 Å². The van der Waals surface area contributed by atoms with Crippen LogP contribution in [0.1, 0.15) is 26.3 Å². The molecule has 160 valence electrons. The summed E-state index contributed by atoms with van der Waals surface area (Å²) in [6.07, 6.45) is 0. The molecule has 3 aromatic carbocycles. The monoisotopic (exact) mass is 420 g/mol. The summed E-state index contributed by atoms with van der Waals surface area (Å²) >= 11 is 0. The topological polar surface area (TPSA) is 85.9 Å². The first-order valence-corrected chi connectivity index (χ1v) is 9.75. The first kappa shape index (κ1) is 21.9. The Hall–Kier alpha value is -3.84. The summed E-state index contributed by atoms with van der Waals surface area (Å²) in [5.74, 6) is 0.423. The van der Waals surface area contributed by atoms with Crippen LogP contribution in [0.25, 0.3) is 0 Å². The van der Waals surface area contributed by atoms with Gasteiger partial charge in [-0.2, -0.15) is 0 Å². The van der Waals surface area contributed by atoms with Crippen LogP contribution in [0.5, 0.6) is 11.5 Å². The number of benzene rings is 3. The van der Waals surface area contributed by atoms with Crippen molar-refractivity contribution in [3.05, 3.63) is 95.6 Å². The molecule has 3 aromatic rings. The summed E-state index contributed by atoms with van der Waals surface area (Å²) in [4.78, 5) is 24.5. The molecule has 2 N–H and O–H groups in total. The molecule has 0 radical (unpaired) electrons. The average Bonchev–Trinajstić information content (AvgIpc) is 2.82. The minimum absolute atomic E-state index is 0.393. The number of nitrogens with one attached hydrogen (secondary N) is 2. The van der Waals surface area contributed by atoms with Crippen molar-refractivity contribution < 1.29 is 23.8 Å². The van der Waals surface area contributed by atoms with E-state index in [1.54, 1.807) is 55.6 Å². The quantitative estimate of drug-likeness (QED) is 0.410. The van der Waals surface area contributed by atoms with Crippen molar-refractivity contribution >= 4 is 11.8 Å². The van der Waals surface area contributed by atoms with E-state index in [4.69, 9.17) is 14.2 Å².